The summed E-state index contributed by atoms with van der Waals surface area (Å²) in [5.41, 5.74) is 0.549. The van der Waals surface area contributed by atoms with Crippen molar-refractivity contribution in [2.24, 2.45) is 5.41 Å². The molecule has 0 spiro atoms. The van der Waals surface area contributed by atoms with E-state index in [4.69, 9.17) is 0 Å². The van der Waals surface area contributed by atoms with Crippen LogP contribution in [0.3, 0.4) is 0 Å². The van der Waals surface area contributed by atoms with Crippen LogP contribution in [0.1, 0.15) is 30.1 Å². The van der Waals surface area contributed by atoms with Gasteiger partial charge in [0.05, 0.1) is 5.56 Å². The number of pyridine rings is 1. The third-order valence-corrected chi connectivity index (χ3v) is 3.86. The summed E-state index contributed by atoms with van der Waals surface area (Å²) < 4.78 is 12.7. The summed E-state index contributed by atoms with van der Waals surface area (Å²) in [5.74, 6) is -0.758. The Balaban J connectivity index is 1.88. The maximum absolute atomic E-state index is 12.7. The number of nitrogens with zero attached hydrogens (tertiary/aromatic N) is 2. The highest BCUT2D eigenvalue weighted by atomic mass is 19.1. The summed E-state index contributed by atoms with van der Waals surface area (Å²) in [5, 5.41) is 2.92. The van der Waals surface area contributed by atoms with Crippen molar-refractivity contribution < 1.29 is 9.18 Å². The lowest BCUT2D eigenvalue weighted by molar-refractivity contribution is 0.0891. The molecule has 1 amide bonds. The van der Waals surface area contributed by atoms with Gasteiger partial charge in [-0.2, -0.15) is 4.39 Å². The Hall–Kier alpha value is -1.49. The van der Waals surface area contributed by atoms with Crippen LogP contribution >= 0.6 is 0 Å². The van der Waals surface area contributed by atoms with E-state index in [1.165, 1.54) is 18.3 Å². The Morgan fingerprint density at radius 3 is 2.74 bits per heavy atom. The highest BCUT2D eigenvalue weighted by molar-refractivity contribution is 5.93. The van der Waals surface area contributed by atoms with Gasteiger partial charge in [0.1, 0.15) is 0 Å². The van der Waals surface area contributed by atoms with E-state index >= 15 is 0 Å². The van der Waals surface area contributed by atoms with Crippen molar-refractivity contribution in [3.8, 4) is 0 Å². The van der Waals surface area contributed by atoms with Crippen LogP contribution in [-0.4, -0.2) is 42.5 Å². The molecule has 1 fully saturated rings. The molecule has 104 valence electrons. The minimum atomic E-state index is -0.571. The maximum atomic E-state index is 12.7. The third kappa shape index (κ3) is 3.73. The number of halogens is 1. The topological polar surface area (TPSA) is 45.2 Å². The zero-order valence-electron chi connectivity index (χ0n) is 11.4. The van der Waals surface area contributed by atoms with Crippen molar-refractivity contribution in [2.75, 3.05) is 26.7 Å². The van der Waals surface area contributed by atoms with E-state index in [0.29, 0.717) is 12.1 Å². The van der Waals surface area contributed by atoms with Gasteiger partial charge in [-0.05, 0) is 50.5 Å². The van der Waals surface area contributed by atoms with Crippen molar-refractivity contribution in [3.63, 3.8) is 0 Å². The van der Waals surface area contributed by atoms with Gasteiger partial charge >= 0.3 is 0 Å². The van der Waals surface area contributed by atoms with Crippen LogP contribution in [0.4, 0.5) is 4.39 Å². The second-order valence-electron chi connectivity index (χ2n) is 5.67. The van der Waals surface area contributed by atoms with Gasteiger partial charge in [0.2, 0.25) is 5.95 Å². The maximum Gasteiger partial charge on any atom is 0.252 e. The van der Waals surface area contributed by atoms with Gasteiger partial charge in [0, 0.05) is 12.7 Å². The van der Waals surface area contributed by atoms with Crippen LogP contribution in [0.2, 0.25) is 0 Å². The molecule has 5 heteroatoms. The fourth-order valence-electron chi connectivity index (χ4n) is 2.24. The third-order valence-electron chi connectivity index (χ3n) is 3.86. The smallest absolute Gasteiger partial charge is 0.252 e. The Morgan fingerprint density at radius 2 is 2.16 bits per heavy atom. The van der Waals surface area contributed by atoms with Gasteiger partial charge in [-0.1, -0.05) is 6.92 Å². The van der Waals surface area contributed by atoms with E-state index in [1.807, 2.05) is 0 Å². The fourth-order valence-corrected chi connectivity index (χ4v) is 2.24. The van der Waals surface area contributed by atoms with E-state index in [0.717, 1.165) is 25.9 Å². The summed E-state index contributed by atoms with van der Waals surface area (Å²) in [4.78, 5) is 17.7. The van der Waals surface area contributed by atoms with Crippen LogP contribution in [0.15, 0.2) is 18.3 Å². The number of carbonyl (C=O) groups excluding carboxylic acids is 1. The number of rotatable bonds is 3. The molecule has 0 saturated carbocycles. The van der Waals surface area contributed by atoms with E-state index in [1.54, 1.807) is 0 Å². The van der Waals surface area contributed by atoms with Crippen molar-refractivity contribution >= 4 is 5.91 Å². The van der Waals surface area contributed by atoms with E-state index in [-0.39, 0.29) is 11.3 Å². The van der Waals surface area contributed by atoms with Crippen LogP contribution in [0.25, 0.3) is 0 Å². The van der Waals surface area contributed by atoms with Crippen molar-refractivity contribution in [1.29, 1.82) is 0 Å². The average molecular weight is 265 g/mol. The second kappa shape index (κ2) is 5.65. The van der Waals surface area contributed by atoms with Crippen molar-refractivity contribution in [1.82, 2.24) is 15.2 Å². The second-order valence-corrected chi connectivity index (χ2v) is 5.67. The molecule has 19 heavy (non-hydrogen) atoms. The normalized spacial score (nSPS) is 19.1. The zero-order chi connectivity index (χ0) is 13.9. The van der Waals surface area contributed by atoms with Crippen molar-refractivity contribution in [2.45, 2.75) is 19.8 Å². The Kier molecular flexibility index (Phi) is 4.14. The molecule has 2 heterocycles. The quantitative estimate of drug-likeness (QED) is 0.846. The molecule has 1 aromatic rings. The van der Waals surface area contributed by atoms with Crippen LogP contribution in [0, 0.1) is 11.4 Å². The molecule has 1 aliphatic heterocycles. The largest absolute Gasteiger partial charge is 0.351 e. The van der Waals surface area contributed by atoms with Gasteiger partial charge in [0.15, 0.2) is 0 Å². The summed E-state index contributed by atoms with van der Waals surface area (Å²) in [7, 11) is 2.11. The molecule has 0 bridgehead atoms. The number of piperidine rings is 1. The standard InChI is InChI=1S/C14H20FN3O/c1-14(5-7-18(2)8-6-14)10-17-13(19)11-3-4-12(15)16-9-11/h3-4,9H,5-8,10H2,1-2H3,(H,17,19). The number of hydrogen-bond acceptors (Lipinski definition) is 3. The van der Waals surface area contributed by atoms with Gasteiger partial charge in [-0.25, -0.2) is 4.98 Å². The molecule has 0 aliphatic carbocycles. The van der Waals surface area contributed by atoms with Crippen LogP contribution < -0.4 is 5.32 Å². The minimum Gasteiger partial charge on any atom is -0.351 e. The number of nitrogens with one attached hydrogen (secondary N) is 1. The van der Waals surface area contributed by atoms with E-state index < -0.39 is 5.95 Å². The molecule has 0 aromatic carbocycles. The SMILES string of the molecule is CN1CCC(C)(CNC(=O)c2ccc(F)nc2)CC1. The Morgan fingerprint density at radius 1 is 1.47 bits per heavy atom. The fraction of sp³-hybridized carbons (Fsp3) is 0.571. The lowest BCUT2D eigenvalue weighted by Crippen LogP contribution is -2.43. The highest BCUT2D eigenvalue weighted by Crippen LogP contribution is 2.29. The molecule has 1 saturated heterocycles. The van der Waals surface area contributed by atoms with E-state index in [9.17, 15) is 9.18 Å². The predicted molar refractivity (Wildman–Crippen MR) is 71.4 cm³/mol. The minimum absolute atomic E-state index is 0.148. The molecular weight excluding hydrogens is 245 g/mol. The molecular formula is C14H20FN3O. The average Bonchev–Trinajstić information content (AvgIpc) is 2.41. The summed E-state index contributed by atoms with van der Waals surface area (Å²) >= 11 is 0. The number of carbonyl (C=O) groups is 1. The Bertz CT molecular complexity index is 439. The number of likely N-dealkylation sites (tertiary alicyclic amines) is 1. The number of amides is 1. The van der Waals surface area contributed by atoms with Crippen LogP contribution in [-0.2, 0) is 0 Å². The summed E-state index contributed by atoms with van der Waals surface area (Å²) in [6.45, 7) is 4.97. The summed E-state index contributed by atoms with van der Waals surface area (Å²) in [6, 6.07) is 2.65. The highest BCUT2D eigenvalue weighted by Gasteiger charge is 2.29. The first-order valence-electron chi connectivity index (χ1n) is 6.57. The monoisotopic (exact) mass is 265 g/mol. The lowest BCUT2D eigenvalue weighted by Gasteiger charge is -2.37. The van der Waals surface area contributed by atoms with Gasteiger partial charge in [-0.15, -0.1) is 0 Å². The predicted octanol–water partition coefficient (Wildman–Crippen LogP) is 1.68. The zero-order valence-corrected chi connectivity index (χ0v) is 11.4. The van der Waals surface area contributed by atoms with Crippen molar-refractivity contribution in [3.05, 3.63) is 29.8 Å². The molecule has 0 radical (unpaired) electrons. The molecule has 0 atom stereocenters. The van der Waals surface area contributed by atoms with Gasteiger partial charge in [0.25, 0.3) is 5.91 Å². The molecule has 4 nitrogen and oxygen atoms in total. The molecule has 1 aromatic heterocycles. The van der Waals surface area contributed by atoms with Gasteiger partial charge in [-0.3, -0.25) is 4.79 Å². The van der Waals surface area contributed by atoms with E-state index in [2.05, 4.69) is 29.2 Å². The molecule has 0 unspecified atom stereocenters. The first-order chi connectivity index (χ1) is 8.98. The first-order valence-corrected chi connectivity index (χ1v) is 6.57. The molecule has 1 N–H and O–H groups in total. The van der Waals surface area contributed by atoms with Gasteiger partial charge < -0.3 is 10.2 Å². The molecule has 1 aliphatic rings. The molecule has 2 rings (SSSR count). The number of hydrogen-bond donors (Lipinski definition) is 1. The lowest BCUT2D eigenvalue weighted by atomic mass is 9.80. The van der Waals surface area contributed by atoms with Crippen LogP contribution in [0.5, 0.6) is 0 Å². The Labute approximate surface area is 113 Å². The first kappa shape index (κ1) is 13.9. The number of aromatic nitrogens is 1. The summed E-state index contributed by atoms with van der Waals surface area (Å²) in [6.07, 6.45) is 3.42.